The number of carbonyl (C=O) groups is 1. The maximum atomic E-state index is 14.2. The topological polar surface area (TPSA) is 81.8 Å². The number of Topliss-reactive ketones (excluding diaryl/α,β-unsaturated/α-hetero) is 1. The van der Waals surface area contributed by atoms with Crippen LogP contribution in [0, 0.1) is 5.82 Å². The lowest BCUT2D eigenvalue weighted by atomic mass is 10.1. The van der Waals surface area contributed by atoms with Gasteiger partial charge in [0.1, 0.15) is 17.5 Å². The second kappa shape index (κ2) is 11.9. The Hall–Kier alpha value is -4.68. The lowest BCUT2D eigenvalue weighted by Crippen LogP contribution is -2.47. The molecule has 0 aliphatic carbocycles. The summed E-state index contributed by atoms with van der Waals surface area (Å²) in [6.07, 6.45) is -1.93. The van der Waals surface area contributed by atoms with Crippen molar-refractivity contribution in [1.29, 1.82) is 0 Å². The molecule has 224 valence electrons. The van der Waals surface area contributed by atoms with E-state index in [9.17, 15) is 22.4 Å². The molecule has 0 atom stereocenters. The van der Waals surface area contributed by atoms with Crippen LogP contribution in [0.15, 0.2) is 71.4 Å². The third-order valence-electron chi connectivity index (χ3n) is 7.63. The fraction of sp³-hybridized carbons (Fsp3) is 0.333. The number of piperazine rings is 2. The number of hydrogen-bond acceptors (Lipinski definition) is 9. The van der Waals surface area contributed by atoms with Gasteiger partial charge in [-0.2, -0.15) is 18.2 Å². The van der Waals surface area contributed by atoms with Crippen LogP contribution in [0.3, 0.4) is 0 Å². The van der Waals surface area contributed by atoms with Gasteiger partial charge in [-0.15, -0.1) is 0 Å². The minimum Gasteiger partial charge on any atom is -0.420 e. The molecule has 5 heterocycles. The van der Waals surface area contributed by atoms with Gasteiger partial charge >= 0.3 is 6.18 Å². The highest BCUT2D eigenvalue weighted by atomic mass is 19.4. The van der Waals surface area contributed by atoms with Crippen molar-refractivity contribution < 1.29 is 26.8 Å². The number of pyridine rings is 2. The van der Waals surface area contributed by atoms with Gasteiger partial charge in [-0.05, 0) is 35.9 Å². The third kappa shape index (κ3) is 6.25. The second-order valence-electron chi connectivity index (χ2n) is 10.4. The number of ketones is 1. The molecule has 13 heteroatoms. The van der Waals surface area contributed by atoms with E-state index in [4.69, 9.17) is 4.42 Å². The minimum atomic E-state index is -4.87. The molecule has 0 saturated carbocycles. The molecule has 43 heavy (non-hydrogen) atoms. The summed E-state index contributed by atoms with van der Waals surface area (Å²) in [5.74, 6) is -0.389. The normalized spacial score (nSPS) is 16.1. The van der Waals surface area contributed by atoms with Gasteiger partial charge in [0.2, 0.25) is 11.5 Å². The van der Waals surface area contributed by atoms with Crippen LogP contribution in [0.4, 0.5) is 40.9 Å². The summed E-state index contributed by atoms with van der Waals surface area (Å²) in [4.78, 5) is 33.2. The van der Waals surface area contributed by atoms with Gasteiger partial charge in [0, 0.05) is 71.2 Å². The fourth-order valence-electron chi connectivity index (χ4n) is 5.35. The van der Waals surface area contributed by atoms with E-state index in [1.54, 1.807) is 36.5 Å². The van der Waals surface area contributed by atoms with E-state index >= 15 is 0 Å². The lowest BCUT2D eigenvalue weighted by Gasteiger charge is -2.36. The van der Waals surface area contributed by atoms with Crippen LogP contribution >= 0.6 is 0 Å². The predicted octanol–water partition coefficient (Wildman–Crippen LogP) is 4.70. The molecule has 0 N–H and O–H groups in total. The quantitative estimate of drug-likeness (QED) is 0.223. The molecule has 0 bridgehead atoms. The van der Waals surface area contributed by atoms with Gasteiger partial charge in [-0.3, -0.25) is 4.79 Å². The summed E-state index contributed by atoms with van der Waals surface area (Å²) in [6, 6.07) is 15.3. The zero-order valence-corrected chi connectivity index (χ0v) is 23.2. The standard InChI is InChI=1S/C30H29F4N7O2/c31-22-5-1-2-6-23(22)38-11-17-41(18-12-38)29-37-28(30(32,33)34)27(43-29)24(42)19-21-8-9-26(36-20-21)40-15-13-39(14-16-40)25-7-3-4-10-35-25/h1-10,20H,11-19H2. The smallest absolute Gasteiger partial charge is 0.420 e. The van der Waals surface area contributed by atoms with Gasteiger partial charge in [0.25, 0.3) is 6.01 Å². The van der Waals surface area contributed by atoms with Crippen LogP contribution in [0.2, 0.25) is 0 Å². The molecule has 0 radical (unpaired) electrons. The minimum absolute atomic E-state index is 0.251. The van der Waals surface area contributed by atoms with Gasteiger partial charge in [-0.1, -0.05) is 24.3 Å². The largest absolute Gasteiger partial charge is 0.437 e. The number of aromatic nitrogens is 3. The van der Waals surface area contributed by atoms with Gasteiger partial charge in [0.05, 0.1) is 5.69 Å². The van der Waals surface area contributed by atoms with Crippen LogP contribution in [0.1, 0.15) is 21.8 Å². The van der Waals surface area contributed by atoms with E-state index in [2.05, 4.69) is 24.8 Å². The summed E-state index contributed by atoms with van der Waals surface area (Å²) >= 11 is 0. The molecular formula is C30H29F4N7O2. The zero-order valence-electron chi connectivity index (χ0n) is 23.2. The van der Waals surface area contributed by atoms with Crippen molar-refractivity contribution >= 4 is 29.1 Å². The second-order valence-corrected chi connectivity index (χ2v) is 10.4. The summed E-state index contributed by atoms with van der Waals surface area (Å²) in [5, 5.41) is 0. The Balaban J connectivity index is 1.10. The summed E-state index contributed by atoms with van der Waals surface area (Å²) < 4.78 is 61.3. The summed E-state index contributed by atoms with van der Waals surface area (Å²) in [6.45, 7) is 4.20. The first-order valence-corrected chi connectivity index (χ1v) is 14.0. The molecule has 0 amide bonds. The maximum absolute atomic E-state index is 14.2. The number of nitrogens with zero attached hydrogens (tertiary/aromatic N) is 7. The lowest BCUT2D eigenvalue weighted by molar-refractivity contribution is -0.141. The Kier molecular flexibility index (Phi) is 7.87. The Labute approximate surface area is 245 Å². The molecule has 9 nitrogen and oxygen atoms in total. The van der Waals surface area contributed by atoms with E-state index < -0.39 is 23.4 Å². The van der Waals surface area contributed by atoms with Gasteiger partial charge in [-0.25, -0.2) is 14.4 Å². The molecule has 2 aliphatic rings. The van der Waals surface area contributed by atoms with Crippen LogP contribution < -0.4 is 19.6 Å². The highest BCUT2D eigenvalue weighted by molar-refractivity contribution is 5.96. The Bertz CT molecular complexity index is 1550. The first-order valence-electron chi connectivity index (χ1n) is 14.0. The fourth-order valence-corrected chi connectivity index (χ4v) is 5.35. The SMILES string of the molecule is O=C(Cc1ccc(N2CCN(c3ccccn3)CC2)nc1)c1oc(N2CCN(c3ccccc3F)CC2)nc1C(F)(F)F. The molecule has 0 spiro atoms. The molecular weight excluding hydrogens is 566 g/mol. The van der Waals surface area contributed by atoms with Crippen LogP contribution in [0.25, 0.3) is 0 Å². The van der Waals surface area contributed by atoms with E-state index in [0.717, 1.165) is 37.8 Å². The molecule has 2 aliphatic heterocycles. The van der Waals surface area contributed by atoms with E-state index in [-0.39, 0.29) is 31.3 Å². The van der Waals surface area contributed by atoms with Crippen molar-refractivity contribution in [1.82, 2.24) is 15.0 Å². The summed E-state index contributed by atoms with van der Waals surface area (Å²) in [7, 11) is 0. The highest BCUT2D eigenvalue weighted by Gasteiger charge is 2.42. The first kappa shape index (κ1) is 28.4. The van der Waals surface area contributed by atoms with Gasteiger partial charge < -0.3 is 24.0 Å². The van der Waals surface area contributed by atoms with E-state index in [0.29, 0.717) is 24.3 Å². The van der Waals surface area contributed by atoms with Crippen LogP contribution in [-0.4, -0.2) is 73.1 Å². The number of alkyl halides is 3. The molecule has 3 aromatic heterocycles. The average Bonchev–Trinajstić information content (AvgIpc) is 3.49. The number of benzene rings is 1. The third-order valence-corrected chi connectivity index (χ3v) is 7.63. The van der Waals surface area contributed by atoms with E-state index in [1.807, 2.05) is 23.1 Å². The van der Waals surface area contributed by atoms with Crippen molar-refractivity contribution in [3.63, 3.8) is 0 Å². The Morgan fingerprint density at radius 3 is 2.00 bits per heavy atom. The summed E-state index contributed by atoms with van der Waals surface area (Å²) in [5.41, 5.74) is -0.461. The van der Waals surface area contributed by atoms with Crippen molar-refractivity contribution in [3.8, 4) is 0 Å². The van der Waals surface area contributed by atoms with E-state index in [1.165, 1.54) is 17.2 Å². The zero-order chi connectivity index (χ0) is 30.0. The number of para-hydroxylation sites is 1. The molecule has 1 aromatic carbocycles. The van der Waals surface area contributed by atoms with Crippen molar-refractivity contribution in [3.05, 3.63) is 89.8 Å². The molecule has 0 unspecified atom stereocenters. The van der Waals surface area contributed by atoms with Crippen LogP contribution in [0.5, 0.6) is 0 Å². The van der Waals surface area contributed by atoms with Gasteiger partial charge in [0.15, 0.2) is 5.69 Å². The highest BCUT2D eigenvalue weighted by Crippen LogP contribution is 2.35. The monoisotopic (exact) mass is 595 g/mol. The number of halogens is 4. The van der Waals surface area contributed by atoms with Crippen LogP contribution in [-0.2, 0) is 12.6 Å². The molecule has 2 saturated heterocycles. The number of anilines is 4. The van der Waals surface area contributed by atoms with Crippen molar-refractivity contribution in [2.45, 2.75) is 12.6 Å². The molecule has 2 fully saturated rings. The number of hydrogen-bond donors (Lipinski definition) is 0. The molecule has 4 aromatic rings. The first-order chi connectivity index (χ1) is 20.8. The number of carbonyl (C=O) groups excluding carboxylic acids is 1. The number of rotatable bonds is 7. The Morgan fingerprint density at radius 2 is 1.40 bits per heavy atom. The predicted molar refractivity (Wildman–Crippen MR) is 153 cm³/mol. The average molecular weight is 596 g/mol. The Morgan fingerprint density at radius 1 is 0.767 bits per heavy atom. The van der Waals surface area contributed by atoms with Crippen molar-refractivity contribution in [2.24, 2.45) is 0 Å². The maximum Gasteiger partial charge on any atom is 0.437 e. The molecule has 6 rings (SSSR count). The van der Waals surface area contributed by atoms with Crippen molar-refractivity contribution in [2.75, 3.05) is 72.0 Å². The number of oxazole rings is 1.